The van der Waals surface area contributed by atoms with Crippen LogP contribution in [0.3, 0.4) is 0 Å². The molecule has 0 spiro atoms. The first-order valence-corrected chi connectivity index (χ1v) is 9.00. The van der Waals surface area contributed by atoms with Crippen LogP contribution < -0.4 is 5.32 Å². The van der Waals surface area contributed by atoms with Gasteiger partial charge in [-0.3, -0.25) is 0 Å². The summed E-state index contributed by atoms with van der Waals surface area (Å²) >= 11 is 0. The van der Waals surface area contributed by atoms with Crippen LogP contribution >= 0.6 is 0 Å². The van der Waals surface area contributed by atoms with Crippen molar-refractivity contribution in [2.24, 2.45) is 35.5 Å². The average molecular weight is 261 g/mol. The molecule has 1 N–H and O–H groups in total. The summed E-state index contributed by atoms with van der Waals surface area (Å²) in [5, 5.41) is 4.16. The first-order valence-electron chi connectivity index (χ1n) is 9.00. The third kappa shape index (κ3) is 1.99. The fourth-order valence-electron chi connectivity index (χ4n) is 6.52. The van der Waals surface area contributed by atoms with Gasteiger partial charge in [-0.15, -0.1) is 0 Å². The molecule has 4 saturated carbocycles. The second-order valence-corrected chi connectivity index (χ2v) is 8.34. The molecule has 7 unspecified atom stereocenters. The minimum atomic E-state index is 0.818. The summed E-state index contributed by atoms with van der Waals surface area (Å²) in [5.74, 6) is 6.22. The molecule has 0 aromatic heterocycles. The van der Waals surface area contributed by atoms with Crippen molar-refractivity contribution >= 4 is 0 Å². The molecular formula is C18H31N. The largest absolute Gasteiger partial charge is 0.310 e. The Kier molecular flexibility index (Phi) is 3.17. The van der Waals surface area contributed by atoms with Gasteiger partial charge in [-0.25, -0.2) is 0 Å². The second kappa shape index (κ2) is 4.76. The summed E-state index contributed by atoms with van der Waals surface area (Å²) in [6.45, 7) is 4.97. The topological polar surface area (TPSA) is 12.0 Å². The highest BCUT2D eigenvalue weighted by Crippen LogP contribution is 2.58. The Balaban J connectivity index is 1.44. The summed E-state index contributed by atoms with van der Waals surface area (Å²) < 4.78 is 0. The van der Waals surface area contributed by atoms with Crippen LogP contribution in [0, 0.1) is 35.5 Å². The molecule has 1 heteroatoms. The van der Waals surface area contributed by atoms with Crippen molar-refractivity contribution in [3.8, 4) is 0 Å². The fourth-order valence-corrected chi connectivity index (χ4v) is 6.52. The number of hydrogen-bond donors (Lipinski definition) is 1. The van der Waals surface area contributed by atoms with E-state index in [2.05, 4.69) is 19.2 Å². The van der Waals surface area contributed by atoms with E-state index in [9.17, 15) is 0 Å². The molecule has 2 bridgehead atoms. The first kappa shape index (κ1) is 12.7. The van der Waals surface area contributed by atoms with Crippen LogP contribution in [0.1, 0.15) is 65.2 Å². The van der Waals surface area contributed by atoms with E-state index in [1.807, 2.05) is 0 Å². The van der Waals surface area contributed by atoms with Crippen LogP contribution in [0.4, 0.5) is 0 Å². The van der Waals surface area contributed by atoms with Gasteiger partial charge in [0.1, 0.15) is 0 Å². The van der Waals surface area contributed by atoms with Crippen molar-refractivity contribution in [2.75, 3.05) is 0 Å². The Morgan fingerprint density at radius 2 is 1.42 bits per heavy atom. The Labute approximate surface area is 118 Å². The second-order valence-electron chi connectivity index (χ2n) is 8.34. The van der Waals surface area contributed by atoms with Gasteiger partial charge in [0.15, 0.2) is 0 Å². The summed E-state index contributed by atoms with van der Waals surface area (Å²) in [6, 6.07) is 1.70. The zero-order valence-corrected chi connectivity index (χ0v) is 12.8. The quantitative estimate of drug-likeness (QED) is 0.784. The summed E-state index contributed by atoms with van der Waals surface area (Å²) in [6.07, 6.45) is 12.1. The van der Waals surface area contributed by atoms with Crippen molar-refractivity contribution in [3.05, 3.63) is 0 Å². The Bertz CT molecular complexity index is 329. The Morgan fingerprint density at radius 1 is 0.737 bits per heavy atom. The van der Waals surface area contributed by atoms with Gasteiger partial charge in [-0.2, -0.15) is 0 Å². The summed E-state index contributed by atoms with van der Waals surface area (Å²) in [7, 11) is 0. The van der Waals surface area contributed by atoms with Gasteiger partial charge in [-0.05, 0) is 74.0 Å². The molecule has 108 valence electrons. The van der Waals surface area contributed by atoms with Crippen LogP contribution in [-0.4, -0.2) is 12.1 Å². The van der Waals surface area contributed by atoms with E-state index in [1.54, 1.807) is 19.3 Å². The smallest absolute Gasteiger partial charge is 0.0121 e. The molecule has 0 saturated heterocycles. The number of nitrogens with one attached hydrogen (secondary N) is 1. The minimum Gasteiger partial charge on any atom is -0.310 e. The van der Waals surface area contributed by atoms with Crippen molar-refractivity contribution < 1.29 is 0 Å². The fraction of sp³-hybridized carbons (Fsp3) is 1.00. The summed E-state index contributed by atoms with van der Waals surface area (Å²) in [4.78, 5) is 0. The predicted molar refractivity (Wildman–Crippen MR) is 79.9 cm³/mol. The lowest BCUT2D eigenvalue weighted by Gasteiger charge is -2.41. The molecule has 0 amide bonds. The highest BCUT2D eigenvalue weighted by Gasteiger charge is 2.54. The highest BCUT2D eigenvalue weighted by molar-refractivity contribution is 5.06. The average Bonchev–Trinajstić information content (AvgIpc) is 3.05. The molecule has 0 aliphatic heterocycles. The van der Waals surface area contributed by atoms with E-state index < -0.39 is 0 Å². The SMILES string of the molecule is CC1CCCC(C)C1NC1CC2CC1C1CCCC21. The van der Waals surface area contributed by atoms with Crippen molar-refractivity contribution in [3.63, 3.8) is 0 Å². The molecule has 0 aromatic rings. The number of fused-ring (bicyclic) bond motifs is 5. The van der Waals surface area contributed by atoms with E-state index in [0.717, 1.165) is 47.6 Å². The maximum atomic E-state index is 4.16. The van der Waals surface area contributed by atoms with Gasteiger partial charge in [0.2, 0.25) is 0 Å². The molecule has 4 fully saturated rings. The lowest BCUT2D eigenvalue weighted by Crippen LogP contribution is -2.51. The van der Waals surface area contributed by atoms with Crippen LogP contribution in [0.2, 0.25) is 0 Å². The molecular weight excluding hydrogens is 230 g/mol. The molecule has 7 atom stereocenters. The minimum absolute atomic E-state index is 0.818. The normalized spacial score (nSPS) is 56.5. The van der Waals surface area contributed by atoms with Gasteiger partial charge in [-0.1, -0.05) is 26.7 Å². The van der Waals surface area contributed by atoms with Crippen molar-refractivity contribution in [2.45, 2.75) is 77.3 Å². The van der Waals surface area contributed by atoms with Gasteiger partial charge in [0.05, 0.1) is 0 Å². The molecule has 4 rings (SSSR count). The number of rotatable bonds is 2. The maximum Gasteiger partial charge on any atom is 0.0121 e. The number of hydrogen-bond acceptors (Lipinski definition) is 1. The van der Waals surface area contributed by atoms with Crippen LogP contribution in [-0.2, 0) is 0 Å². The van der Waals surface area contributed by atoms with E-state index >= 15 is 0 Å². The van der Waals surface area contributed by atoms with Crippen LogP contribution in [0.25, 0.3) is 0 Å². The molecule has 0 aromatic carbocycles. The zero-order chi connectivity index (χ0) is 13.0. The van der Waals surface area contributed by atoms with Gasteiger partial charge in [0, 0.05) is 12.1 Å². The van der Waals surface area contributed by atoms with Crippen molar-refractivity contribution in [1.29, 1.82) is 0 Å². The predicted octanol–water partition coefficient (Wildman–Crippen LogP) is 4.23. The Morgan fingerprint density at radius 3 is 2.21 bits per heavy atom. The van der Waals surface area contributed by atoms with Gasteiger partial charge >= 0.3 is 0 Å². The molecule has 4 aliphatic rings. The highest BCUT2D eigenvalue weighted by atomic mass is 15.0. The monoisotopic (exact) mass is 261 g/mol. The first-order chi connectivity index (χ1) is 9.24. The third-order valence-electron chi connectivity index (χ3n) is 7.38. The summed E-state index contributed by atoms with van der Waals surface area (Å²) in [5.41, 5.74) is 0. The lowest BCUT2D eigenvalue weighted by molar-refractivity contribution is 0.142. The van der Waals surface area contributed by atoms with E-state index in [4.69, 9.17) is 0 Å². The van der Waals surface area contributed by atoms with Gasteiger partial charge < -0.3 is 5.32 Å². The Hall–Kier alpha value is -0.0400. The maximum absolute atomic E-state index is 4.16. The van der Waals surface area contributed by atoms with Crippen LogP contribution in [0.5, 0.6) is 0 Å². The van der Waals surface area contributed by atoms with E-state index in [1.165, 1.54) is 32.1 Å². The van der Waals surface area contributed by atoms with E-state index in [-0.39, 0.29) is 0 Å². The van der Waals surface area contributed by atoms with Crippen molar-refractivity contribution in [1.82, 2.24) is 5.32 Å². The molecule has 0 heterocycles. The third-order valence-corrected chi connectivity index (χ3v) is 7.38. The molecule has 1 nitrogen and oxygen atoms in total. The van der Waals surface area contributed by atoms with E-state index in [0.29, 0.717) is 0 Å². The standard InChI is InChI=1S/C18H31N/c1-11-5-3-6-12(2)18(11)19-17-10-13-9-16(17)15-8-4-7-14(13)15/h11-19H,3-10H2,1-2H3. The van der Waals surface area contributed by atoms with Gasteiger partial charge in [0.25, 0.3) is 0 Å². The lowest BCUT2D eigenvalue weighted by atomic mass is 9.75. The molecule has 19 heavy (non-hydrogen) atoms. The molecule has 0 radical (unpaired) electrons. The zero-order valence-electron chi connectivity index (χ0n) is 12.8. The van der Waals surface area contributed by atoms with Crippen LogP contribution in [0.15, 0.2) is 0 Å². The molecule has 4 aliphatic carbocycles.